The number of hydrogen-bond acceptors (Lipinski definition) is 7. The lowest BCUT2D eigenvalue weighted by molar-refractivity contribution is -0.384. The highest BCUT2D eigenvalue weighted by atomic mass is 16.6. The van der Waals surface area contributed by atoms with E-state index in [2.05, 4.69) is 0 Å². The Morgan fingerprint density at radius 1 is 0.705 bits per heavy atom. The maximum absolute atomic E-state index is 13.4. The molecule has 2 aromatic heterocycles. The topological polar surface area (TPSA) is 140 Å². The van der Waals surface area contributed by atoms with Crippen molar-refractivity contribution < 1.29 is 28.8 Å². The molecule has 2 aromatic carbocycles. The van der Waals surface area contributed by atoms with Crippen LogP contribution in [0.4, 0.5) is 22.7 Å². The Morgan fingerprint density at radius 3 is 1.61 bits per heavy atom. The van der Waals surface area contributed by atoms with E-state index in [0.717, 1.165) is 0 Å². The van der Waals surface area contributed by atoms with Gasteiger partial charge in [-0.15, -0.1) is 0 Å². The van der Waals surface area contributed by atoms with Crippen LogP contribution >= 0.6 is 0 Å². The highest BCUT2D eigenvalue weighted by molar-refractivity contribution is 6.09. The Hall–Kier alpha value is -5.72. The van der Waals surface area contributed by atoms with Gasteiger partial charge in [0.1, 0.15) is 11.4 Å². The first kappa shape index (κ1) is 31.2. The molecule has 228 valence electrons. The average molecular weight is 601 g/mol. The number of anilines is 3. The van der Waals surface area contributed by atoms with Crippen LogP contribution in [0.5, 0.6) is 0 Å². The van der Waals surface area contributed by atoms with E-state index in [4.69, 9.17) is 4.74 Å². The molecule has 13 nitrogen and oxygen atoms in total. The molecule has 0 fully saturated rings. The number of benzene rings is 2. The second-order valence-electron chi connectivity index (χ2n) is 10.1. The number of esters is 1. The predicted molar refractivity (Wildman–Crippen MR) is 165 cm³/mol. The van der Waals surface area contributed by atoms with Crippen molar-refractivity contribution in [1.29, 1.82) is 0 Å². The summed E-state index contributed by atoms with van der Waals surface area (Å²) in [6, 6.07) is 15.0. The third kappa shape index (κ3) is 6.21. The fourth-order valence-electron chi connectivity index (χ4n) is 4.55. The lowest BCUT2D eigenvalue weighted by atomic mass is 10.1. The van der Waals surface area contributed by atoms with Crippen LogP contribution < -0.4 is 14.7 Å². The van der Waals surface area contributed by atoms with Gasteiger partial charge in [0.2, 0.25) is 0 Å². The largest absolute Gasteiger partial charge is 0.461 e. The van der Waals surface area contributed by atoms with E-state index in [1.54, 1.807) is 100 Å². The minimum Gasteiger partial charge on any atom is -0.461 e. The van der Waals surface area contributed by atoms with Crippen molar-refractivity contribution in [1.82, 2.24) is 9.13 Å². The summed E-state index contributed by atoms with van der Waals surface area (Å²) in [5.41, 5.74) is 2.68. The molecule has 3 amide bonds. The SMILES string of the molecule is CCOC(=O)c1cc(N(C)C(=O)c2ccc(N(C)C(=O)c3cc(N(C)C(=O)c4ccc([N+](=O)[O-])cc4)cn3C)cc2)cn1C. The second-order valence-corrected chi connectivity index (χ2v) is 10.1. The number of hydrogen-bond donors (Lipinski definition) is 0. The number of carbonyl (C=O) groups is 4. The van der Waals surface area contributed by atoms with Gasteiger partial charge < -0.3 is 28.6 Å². The van der Waals surface area contributed by atoms with Crippen molar-refractivity contribution in [3.8, 4) is 0 Å². The van der Waals surface area contributed by atoms with E-state index in [1.807, 2.05) is 0 Å². The maximum atomic E-state index is 13.4. The maximum Gasteiger partial charge on any atom is 0.355 e. The Morgan fingerprint density at radius 2 is 1.14 bits per heavy atom. The molecule has 0 atom stereocenters. The summed E-state index contributed by atoms with van der Waals surface area (Å²) in [6.07, 6.45) is 3.30. The van der Waals surface area contributed by atoms with E-state index in [1.165, 1.54) is 39.0 Å². The molecule has 0 aliphatic heterocycles. The number of carbonyl (C=O) groups excluding carboxylic acids is 4. The molecule has 4 aromatic rings. The highest BCUT2D eigenvalue weighted by Gasteiger charge is 2.23. The number of ether oxygens (including phenoxy) is 1. The summed E-state index contributed by atoms with van der Waals surface area (Å²) >= 11 is 0. The smallest absolute Gasteiger partial charge is 0.355 e. The molecule has 4 rings (SSSR count). The van der Waals surface area contributed by atoms with Gasteiger partial charge in [-0.2, -0.15) is 0 Å². The van der Waals surface area contributed by atoms with Crippen LogP contribution in [0.15, 0.2) is 73.1 Å². The van der Waals surface area contributed by atoms with E-state index in [9.17, 15) is 29.3 Å². The van der Waals surface area contributed by atoms with E-state index >= 15 is 0 Å². The number of nitro benzene ring substituents is 1. The molecular formula is C31H32N6O7. The van der Waals surface area contributed by atoms with Crippen molar-refractivity contribution >= 4 is 46.4 Å². The summed E-state index contributed by atoms with van der Waals surface area (Å²) in [7, 11) is 8.14. The molecule has 0 saturated heterocycles. The molecular weight excluding hydrogens is 568 g/mol. The summed E-state index contributed by atoms with van der Waals surface area (Å²) in [5, 5.41) is 10.9. The number of aryl methyl sites for hydroxylation is 2. The number of rotatable bonds is 9. The van der Waals surface area contributed by atoms with Crippen molar-refractivity contribution in [3.05, 3.63) is 106 Å². The van der Waals surface area contributed by atoms with Gasteiger partial charge in [0.15, 0.2) is 0 Å². The first-order valence-electron chi connectivity index (χ1n) is 13.5. The van der Waals surface area contributed by atoms with Crippen LogP contribution in [0.2, 0.25) is 0 Å². The monoisotopic (exact) mass is 600 g/mol. The molecule has 0 N–H and O–H groups in total. The Bertz CT molecular complexity index is 1740. The van der Waals surface area contributed by atoms with Crippen LogP contribution in [-0.2, 0) is 18.8 Å². The number of non-ortho nitro benzene ring substituents is 1. The highest BCUT2D eigenvalue weighted by Crippen LogP contribution is 2.25. The number of nitro groups is 1. The van der Waals surface area contributed by atoms with Crippen molar-refractivity contribution in [2.45, 2.75) is 6.92 Å². The number of nitrogens with zero attached hydrogens (tertiary/aromatic N) is 6. The molecule has 2 heterocycles. The van der Waals surface area contributed by atoms with Crippen LogP contribution in [0.1, 0.15) is 48.6 Å². The van der Waals surface area contributed by atoms with Gasteiger partial charge in [-0.3, -0.25) is 24.5 Å². The van der Waals surface area contributed by atoms with Gasteiger partial charge in [0.25, 0.3) is 23.4 Å². The zero-order chi connectivity index (χ0) is 32.3. The van der Waals surface area contributed by atoms with Gasteiger partial charge in [0.05, 0.1) is 22.9 Å². The second kappa shape index (κ2) is 12.7. The first-order valence-corrected chi connectivity index (χ1v) is 13.5. The molecule has 0 spiro atoms. The normalized spacial score (nSPS) is 10.7. The van der Waals surface area contributed by atoms with E-state index in [-0.39, 0.29) is 29.7 Å². The zero-order valence-electron chi connectivity index (χ0n) is 25.2. The van der Waals surface area contributed by atoms with Gasteiger partial charge in [0, 0.05) is 76.6 Å². The van der Waals surface area contributed by atoms with Crippen LogP contribution in [0, 0.1) is 10.1 Å². The molecule has 0 bridgehead atoms. The van der Waals surface area contributed by atoms with Crippen molar-refractivity contribution in [3.63, 3.8) is 0 Å². The summed E-state index contributed by atoms with van der Waals surface area (Å²) < 4.78 is 8.26. The lowest BCUT2D eigenvalue weighted by Crippen LogP contribution is -2.28. The van der Waals surface area contributed by atoms with Gasteiger partial charge in [-0.25, -0.2) is 4.79 Å². The Balaban J connectivity index is 1.46. The van der Waals surface area contributed by atoms with Crippen molar-refractivity contribution in [2.75, 3.05) is 42.4 Å². The van der Waals surface area contributed by atoms with Gasteiger partial charge in [-0.05, 0) is 55.5 Å². The fraction of sp³-hybridized carbons (Fsp3) is 0.226. The standard InChI is InChI=1S/C31H32N6O7/c1-7-44-31(41)27-17-25(19-33(27)3)36(6)28(38)20-8-12-22(13-9-20)34(4)30(40)26-16-24(18-32(26)2)35(5)29(39)21-10-14-23(15-11-21)37(42)43/h8-19H,7H2,1-6H3. The number of aromatic nitrogens is 2. The molecule has 44 heavy (non-hydrogen) atoms. The Labute approximate surface area is 253 Å². The van der Waals surface area contributed by atoms with E-state index in [0.29, 0.717) is 34.0 Å². The fourth-order valence-corrected chi connectivity index (χ4v) is 4.55. The van der Waals surface area contributed by atoms with Crippen LogP contribution in [0.25, 0.3) is 0 Å². The molecule has 13 heteroatoms. The van der Waals surface area contributed by atoms with Crippen molar-refractivity contribution in [2.24, 2.45) is 14.1 Å². The quantitative estimate of drug-likeness (QED) is 0.159. The summed E-state index contributed by atoms with van der Waals surface area (Å²) in [4.78, 5) is 66.3. The third-order valence-electron chi connectivity index (χ3n) is 7.20. The predicted octanol–water partition coefficient (Wildman–Crippen LogP) is 4.28. The van der Waals surface area contributed by atoms with Crippen LogP contribution in [0.3, 0.4) is 0 Å². The third-order valence-corrected chi connectivity index (χ3v) is 7.20. The average Bonchev–Trinajstić information content (AvgIpc) is 3.61. The molecule has 0 aliphatic rings. The molecule has 0 aliphatic carbocycles. The number of amides is 3. The Kier molecular flexibility index (Phi) is 8.98. The van der Waals surface area contributed by atoms with Crippen LogP contribution in [-0.4, -0.2) is 65.5 Å². The molecule has 0 saturated carbocycles. The summed E-state index contributed by atoms with van der Waals surface area (Å²) in [5.74, 6) is -1.52. The minimum absolute atomic E-state index is 0.120. The van der Waals surface area contributed by atoms with E-state index < -0.39 is 16.8 Å². The zero-order valence-corrected chi connectivity index (χ0v) is 25.2. The summed E-state index contributed by atoms with van der Waals surface area (Å²) in [6.45, 7) is 1.96. The molecule has 0 radical (unpaired) electrons. The van der Waals surface area contributed by atoms with Gasteiger partial charge in [-0.1, -0.05) is 0 Å². The minimum atomic E-state index is -0.540. The first-order chi connectivity index (χ1) is 20.8. The lowest BCUT2D eigenvalue weighted by Gasteiger charge is -2.19. The van der Waals surface area contributed by atoms with Gasteiger partial charge >= 0.3 is 5.97 Å². The molecule has 0 unspecified atom stereocenters.